The molecule has 0 saturated carbocycles. The van der Waals surface area contributed by atoms with Crippen LogP contribution in [0.1, 0.15) is 6.92 Å². The number of hydrogen-bond acceptors (Lipinski definition) is 4. The normalized spacial score (nSPS) is 4.86. The molecule has 0 saturated heterocycles. The topological polar surface area (TPSA) is 87.3 Å². The van der Waals surface area contributed by atoms with Gasteiger partial charge in [0.15, 0.2) is 0 Å². The largest absolute Gasteiger partial charge is 2.00 e. The molecule has 0 aliphatic heterocycles. The first-order chi connectivity index (χ1) is 2.27. The third-order valence-electron chi connectivity index (χ3n) is 0.166. The molecule has 0 rings (SSSR count). The van der Waals surface area contributed by atoms with Crippen LogP contribution in [0.2, 0.25) is 0 Å². The van der Waals surface area contributed by atoms with E-state index in [-0.39, 0.29) is 25.6 Å². The first kappa shape index (κ1) is 15.7. The van der Waals surface area contributed by atoms with Gasteiger partial charge in [0.1, 0.15) is 0 Å². The van der Waals surface area contributed by atoms with E-state index >= 15 is 0 Å². The summed E-state index contributed by atoms with van der Waals surface area (Å²) in [4.78, 5) is 13.1. The van der Waals surface area contributed by atoms with Gasteiger partial charge in [0, 0.05) is 6.92 Å². The maximum Gasteiger partial charge on any atom is 2.00 e. The second-order valence-electron chi connectivity index (χ2n) is 0.609. The standard InChI is InChI=1S/C2H5NO2.H3N.Zn/c1-2(4)5-3;;/h3H2,1H3;1H3;/q;;+2. The van der Waals surface area contributed by atoms with Gasteiger partial charge in [-0.15, -0.1) is 0 Å². The Labute approximate surface area is 54.7 Å². The van der Waals surface area contributed by atoms with Crippen LogP contribution in [0.4, 0.5) is 0 Å². The molecule has 5 N–H and O–H groups in total. The Morgan fingerprint density at radius 3 is 1.86 bits per heavy atom. The second kappa shape index (κ2) is 9.38. The van der Waals surface area contributed by atoms with Gasteiger partial charge in [-0.1, -0.05) is 0 Å². The van der Waals surface area contributed by atoms with Crippen molar-refractivity contribution in [1.82, 2.24) is 6.15 Å². The molecule has 0 atom stereocenters. The second-order valence-corrected chi connectivity index (χ2v) is 0.609. The van der Waals surface area contributed by atoms with Gasteiger partial charge in [-0.3, -0.25) is 4.79 Å². The van der Waals surface area contributed by atoms with Crippen LogP contribution in [-0.4, -0.2) is 5.97 Å². The van der Waals surface area contributed by atoms with Gasteiger partial charge < -0.3 is 11.0 Å². The van der Waals surface area contributed by atoms with Crippen LogP contribution in [0.5, 0.6) is 0 Å². The third-order valence-corrected chi connectivity index (χ3v) is 0.166. The Morgan fingerprint density at radius 1 is 1.71 bits per heavy atom. The maximum atomic E-state index is 9.47. The molecule has 7 heavy (non-hydrogen) atoms. The minimum atomic E-state index is -0.468. The van der Waals surface area contributed by atoms with Crippen LogP contribution in [0.15, 0.2) is 0 Å². The predicted molar refractivity (Wildman–Crippen MR) is 21.0 cm³/mol. The molecule has 4 nitrogen and oxygen atoms in total. The zero-order chi connectivity index (χ0) is 4.28. The number of hydrogen-bond donors (Lipinski definition) is 2. The van der Waals surface area contributed by atoms with E-state index in [2.05, 4.69) is 10.7 Å². The third kappa shape index (κ3) is 23.9. The summed E-state index contributed by atoms with van der Waals surface area (Å²) in [5, 5.41) is 0. The first-order valence-corrected chi connectivity index (χ1v) is 1.14. The molecule has 0 aliphatic rings. The van der Waals surface area contributed by atoms with E-state index in [1.807, 2.05) is 0 Å². The minimum absolute atomic E-state index is 0. The molecule has 0 bridgehead atoms. The van der Waals surface area contributed by atoms with Crippen molar-refractivity contribution in [2.24, 2.45) is 5.90 Å². The van der Waals surface area contributed by atoms with Crippen LogP contribution in [0.25, 0.3) is 0 Å². The molecule has 0 fully saturated rings. The molecule has 0 aromatic rings. The summed E-state index contributed by atoms with van der Waals surface area (Å²) >= 11 is 0. The SMILES string of the molecule is CC(=O)ON.N.[Zn+2]. The summed E-state index contributed by atoms with van der Waals surface area (Å²) in [7, 11) is 0. The van der Waals surface area contributed by atoms with E-state index in [9.17, 15) is 4.79 Å². The summed E-state index contributed by atoms with van der Waals surface area (Å²) in [6.45, 7) is 1.24. The number of nitrogens with two attached hydrogens (primary N) is 1. The molecular weight excluding hydrogens is 149 g/mol. The number of carbonyl (C=O) groups is 1. The summed E-state index contributed by atoms with van der Waals surface area (Å²) in [6, 6.07) is 0. The van der Waals surface area contributed by atoms with E-state index in [1.54, 1.807) is 0 Å². The minimum Gasteiger partial charge on any atom is -0.374 e. The van der Waals surface area contributed by atoms with Gasteiger partial charge in [0.05, 0.1) is 0 Å². The monoisotopic (exact) mass is 156 g/mol. The quantitative estimate of drug-likeness (QED) is 0.369. The Kier molecular flexibility index (Phi) is 21.1. The van der Waals surface area contributed by atoms with Crippen LogP contribution in [-0.2, 0) is 29.1 Å². The van der Waals surface area contributed by atoms with Crippen LogP contribution in [0.3, 0.4) is 0 Å². The van der Waals surface area contributed by atoms with E-state index in [0.717, 1.165) is 0 Å². The molecule has 0 aromatic carbocycles. The van der Waals surface area contributed by atoms with E-state index in [0.29, 0.717) is 0 Å². The molecule has 0 unspecified atom stereocenters. The van der Waals surface area contributed by atoms with Gasteiger partial charge in [-0.25, -0.2) is 0 Å². The van der Waals surface area contributed by atoms with E-state index in [4.69, 9.17) is 0 Å². The van der Waals surface area contributed by atoms with Crippen LogP contribution < -0.4 is 12.0 Å². The molecule has 5 heteroatoms. The number of carbonyl (C=O) groups excluding carboxylic acids is 1. The van der Waals surface area contributed by atoms with Crippen molar-refractivity contribution in [3.8, 4) is 0 Å². The Bertz CT molecular complexity index is 49.0. The van der Waals surface area contributed by atoms with Crippen molar-refractivity contribution in [2.45, 2.75) is 6.92 Å². The van der Waals surface area contributed by atoms with Crippen molar-refractivity contribution in [1.29, 1.82) is 0 Å². The summed E-state index contributed by atoms with van der Waals surface area (Å²) in [6.07, 6.45) is 0. The van der Waals surface area contributed by atoms with Gasteiger partial charge in [0.2, 0.25) is 0 Å². The molecule has 0 amide bonds. The molecular formula is C2H8N2O2Zn+2. The smallest absolute Gasteiger partial charge is 0.374 e. The first-order valence-electron chi connectivity index (χ1n) is 1.14. The summed E-state index contributed by atoms with van der Waals surface area (Å²) in [5.41, 5.74) is 0. The Balaban J connectivity index is -0.0000000800. The van der Waals surface area contributed by atoms with E-state index < -0.39 is 5.97 Å². The van der Waals surface area contributed by atoms with Gasteiger partial charge in [-0.05, 0) is 0 Å². The average molecular weight is 157 g/mol. The fourth-order valence-electron chi connectivity index (χ4n) is 0. The zero-order valence-corrected chi connectivity index (χ0v) is 7.28. The van der Waals surface area contributed by atoms with Crippen molar-refractivity contribution in [3.63, 3.8) is 0 Å². The van der Waals surface area contributed by atoms with E-state index in [1.165, 1.54) is 6.92 Å². The van der Waals surface area contributed by atoms with Gasteiger partial charge >= 0.3 is 25.4 Å². The van der Waals surface area contributed by atoms with Crippen molar-refractivity contribution in [3.05, 3.63) is 0 Å². The fraction of sp³-hybridized carbons (Fsp3) is 0.500. The Morgan fingerprint density at radius 2 is 1.86 bits per heavy atom. The molecule has 0 spiro atoms. The number of rotatable bonds is 0. The molecule has 0 radical (unpaired) electrons. The predicted octanol–water partition coefficient (Wildman–Crippen LogP) is -0.417. The van der Waals surface area contributed by atoms with Crippen molar-refractivity contribution in [2.75, 3.05) is 0 Å². The molecule has 38 valence electrons. The zero-order valence-electron chi connectivity index (χ0n) is 4.31. The van der Waals surface area contributed by atoms with Gasteiger partial charge in [-0.2, -0.15) is 5.90 Å². The average Bonchev–Trinajstić information content (AvgIpc) is 1.38. The fourth-order valence-corrected chi connectivity index (χ4v) is 0. The van der Waals surface area contributed by atoms with Crippen LogP contribution >= 0.6 is 0 Å². The molecule has 0 aliphatic carbocycles. The summed E-state index contributed by atoms with van der Waals surface area (Å²) < 4.78 is 0. The van der Waals surface area contributed by atoms with Crippen molar-refractivity contribution < 1.29 is 29.1 Å². The van der Waals surface area contributed by atoms with Crippen molar-refractivity contribution >= 4 is 5.97 Å². The Hall–Kier alpha value is 0.0134. The summed E-state index contributed by atoms with van der Waals surface area (Å²) in [5.74, 6) is 3.85. The molecule has 0 aromatic heterocycles. The van der Waals surface area contributed by atoms with Gasteiger partial charge in [0.25, 0.3) is 0 Å². The maximum absolute atomic E-state index is 9.47. The molecule has 0 heterocycles. The van der Waals surface area contributed by atoms with Crippen LogP contribution in [0, 0.1) is 0 Å².